The van der Waals surface area contributed by atoms with Gasteiger partial charge >= 0.3 is 0 Å². The van der Waals surface area contributed by atoms with Crippen LogP contribution in [0.25, 0.3) is 0 Å². The molecule has 1 atom stereocenters. The maximum absolute atomic E-state index is 4.57. The van der Waals surface area contributed by atoms with Crippen LogP contribution in [-0.2, 0) is 0 Å². The second kappa shape index (κ2) is 5.53. The Balaban J connectivity index is 1.79. The Kier molecular flexibility index (Phi) is 4.04. The number of aliphatic imine (C=N–C) groups is 1. The molecule has 1 aliphatic carbocycles. The van der Waals surface area contributed by atoms with E-state index in [1.807, 2.05) is 0 Å². The average molecular weight is 208 g/mol. The number of nitrogens with zero attached hydrogens (tertiary/aromatic N) is 1. The Bertz CT molecular complexity index is 217. The monoisotopic (exact) mass is 208 g/mol. The molecular formula is C13H24N2. The molecule has 86 valence electrons. The van der Waals surface area contributed by atoms with Gasteiger partial charge < -0.3 is 5.32 Å². The van der Waals surface area contributed by atoms with E-state index in [9.17, 15) is 0 Å². The smallest absolute Gasteiger partial charge is 0.0965 e. The third-order valence-electron chi connectivity index (χ3n) is 3.88. The first kappa shape index (κ1) is 11.0. The second-order valence-electron chi connectivity index (χ2n) is 5.12. The fourth-order valence-corrected chi connectivity index (χ4v) is 2.83. The molecule has 0 radical (unpaired) electrons. The molecule has 0 aromatic rings. The largest absolute Gasteiger partial charge is 0.371 e. The summed E-state index contributed by atoms with van der Waals surface area (Å²) in [5.74, 6) is 2.17. The molecule has 2 rings (SSSR count). The highest BCUT2D eigenvalue weighted by molar-refractivity contribution is 5.82. The van der Waals surface area contributed by atoms with Gasteiger partial charge in [0.25, 0.3) is 0 Å². The fourth-order valence-electron chi connectivity index (χ4n) is 2.83. The predicted octanol–water partition coefficient (Wildman–Crippen LogP) is 3.13. The summed E-state index contributed by atoms with van der Waals surface area (Å²) in [7, 11) is 0. The molecular weight excluding hydrogens is 184 g/mol. The summed E-state index contributed by atoms with van der Waals surface area (Å²) in [6.07, 6.45) is 10.9. The van der Waals surface area contributed by atoms with Crippen molar-refractivity contribution in [3.05, 3.63) is 0 Å². The third kappa shape index (κ3) is 3.22. The molecule has 15 heavy (non-hydrogen) atoms. The van der Waals surface area contributed by atoms with Gasteiger partial charge in [-0.05, 0) is 38.5 Å². The molecule has 2 nitrogen and oxygen atoms in total. The number of rotatable bonds is 2. The van der Waals surface area contributed by atoms with E-state index in [4.69, 9.17) is 0 Å². The van der Waals surface area contributed by atoms with Gasteiger partial charge in [0.15, 0.2) is 0 Å². The minimum absolute atomic E-state index is 0.641. The number of amidine groups is 1. The van der Waals surface area contributed by atoms with Crippen LogP contribution in [0.5, 0.6) is 0 Å². The van der Waals surface area contributed by atoms with Crippen LogP contribution in [-0.4, -0.2) is 18.4 Å². The number of hydrogen-bond donors (Lipinski definition) is 1. The molecule has 1 aliphatic heterocycles. The van der Waals surface area contributed by atoms with E-state index >= 15 is 0 Å². The fraction of sp³-hybridized carbons (Fsp3) is 0.923. The maximum atomic E-state index is 4.57. The van der Waals surface area contributed by atoms with Crippen molar-refractivity contribution < 1.29 is 0 Å². The highest BCUT2D eigenvalue weighted by Crippen LogP contribution is 2.26. The number of hydrogen-bond acceptors (Lipinski definition) is 2. The zero-order chi connectivity index (χ0) is 10.5. The molecule has 0 amide bonds. The number of nitrogens with one attached hydrogen (secondary N) is 1. The summed E-state index contributed by atoms with van der Waals surface area (Å²) >= 11 is 0. The van der Waals surface area contributed by atoms with E-state index in [2.05, 4.69) is 17.2 Å². The molecule has 1 fully saturated rings. The Hall–Kier alpha value is -0.530. The zero-order valence-electron chi connectivity index (χ0n) is 9.97. The highest BCUT2D eigenvalue weighted by Gasteiger charge is 2.20. The van der Waals surface area contributed by atoms with Gasteiger partial charge in [-0.15, -0.1) is 0 Å². The lowest BCUT2D eigenvalue weighted by Crippen LogP contribution is -2.39. The molecule has 0 aromatic carbocycles. The lowest BCUT2D eigenvalue weighted by atomic mass is 9.84. The van der Waals surface area contributed by atoms with Gasteiger partial charge in [0, 0.05) is 19.0 Å². The van der Waals surface area contributed by atoms with Crippen LogP contribution in [0, 0.1) is 5.92 Å². The van der Waals surface area contributed by atoms with E-state index in [-0.39, 0.29) is 0 Å². The molecule has 2 heteroatoms. The van der Waals surface area contributed by atoms with Gasteiger partial charge in [-0.3, -0.25) is 4.99 Å². The average Bonchev–Trinajstić information content (AvgIpc) is 2.31. The van der Waals surface area contributed by atoms with Gasteiger partial charge in [0.1, 0.15) is 0 Å². The molecule has 0 saturated heterocycles. The van der Waals surface area contributed by atoms with Crippen molar-refractivity contribution in [2.75, 3.05) is 6.54 Å². The summed E-state index contributed by atoms with van der Waals surface area (Å²) in [5.41, 5.74) is 0. The first-order chi connectivity index (χ1) is 7.36. The highest BCUT2D eigenvalue weighted by atomic mass is 15.0. The molecule has 0 spiro atoms. The molecule has 2 aliphatic rings. The summed E-state index contributed by atoms with van der Waals surface area (Å²) in [4.78, 5) is 4.57. The Labute approximate surface area is 93.6 Å². The summed E-state index contributed by atoms with van der Waals surface area (Å²) in [6, 6.07) is 0.641. The van der Waals surface area contributed by atoms with E-state index in [1.165, 1.54) is 57.2 Å². The molecule has 1 heterocycles. The Morgan fingerprint density at radius 2 is 1.93 bits per heavy atom. The van der Waals surface area contributed by atoms with Crippen LogP contribution in [0.1, 0.15) is 58.3 Å². The Morgan fingerprint density at radius 3 is 2.60 bits per heavy atom. The minimum atomic E-state index is 0.641. The van der Waals surface area contributed by atoms with Crippen molar-refractivity contribution in [1.29, 1.82) is 0 Å². The van der Waals surface area contributed by atoms with Gasteiger partial charge in [0.2, 0.25) is 0 Å². The van der Waals surface area contributed by atoms with Crippen molar-refractivity contribution in [3.8, 4) is 0 Å². The summed E-state index contributed by atoms with van der Waals surface area (Å²) < 4.78 is 0. The first-order valence-electron chi connectivity index (χ1n) is 6.66. The van der Waals surface area contributed by atoms with Gasteiger partial charge in [0.05, 0.1) is 5.84 Å². The van der Waals surface area contributed by atoms with Crippen LogP contribution in [0.4, 0.5) is 0 Å². The molecule has 0 aromatic heterocycles. The molecule has 0 bridgehead atoms. The second-order valence-corrected chi connectivity index (χ2v) is 5.12. The van der Waals surface area contributed by atoms with Crippen LogP contribution in [0.2, 0.25) is 0 Å². The van der Waals surface area contributed by atoms with Crippen molar-refractivity contribution in [2.24, 2.45) is 10.9 Å². The maximum Gasteiger partial charge on any atom is 0.0965 e. The van der Waals surface area contributed by atoms with Crippen LogP contribution in [0.3, 0.4) is 0 Å². The topological polar surface area (TPSA) is 24.4 Å². The zero-order valence-corrected chi connectivity index (χ0v) is 9.97. The van der Waals surface area contributed by atoms with Gasteiger partial charge in [-0.1, -0.05) is 19.3 Å². The van der Waals surface area contributed by atoms with Gasteiger partial charge in [-0.25, -0.2) is 0 Å². The quantitative estimate of drug-likeness (QED) is 0.741. The molecule has 1 saturated carbocycles. The minimum Gasteiger partial charge on any atom is -0.371 e. The first-order valence-corrected chi connectivity index (χ1v) is 6.66. The SMILES string of the molecule is CC(NC1=NCCCC1)C1CCCCC1. The van der Waals surface area contributed by atoms with Crippen LogP contribution >= 0.6 is 0 Å². The summed E-state index contributed by atoms with van der Waals surface area (Å²) in [5, 5.41) is 3.64. The lowest BCUT2D eigenvalue weighted by molar-refractivity contribution is 0.300. The predicted molar refractivity (Wildman–Crippen MR) is 65.3 cm³/mol. The molecule has 1 unspecified atom stereocenters. The normalized spacial score (nSPS) is 25.8. The van der Waals surface area contributed by atoms with E-state index in [0.717, 1.165) is 12.5 Å². The lowest BCUT2D eigenvalue weighted by Gasteiger charge is -2.30. The molecule has 1 N–H and O–H groups in total. The van der Waals surface area contributed by atoms with E-state index in [0.29, 0.717) is 6.04 Å². The van der Waals surface area contributed by atoms with Gasteiger partial charge in [-0.2, -0.15) is 0 Å². The summed E-state index contributed by atoms with van der Waals surface area (Å²) in [6.45, 7) is 3.38. The third-order valence-corrected chi connectivity index (χ3v) is 3.88. The van der Waals surface area contributed by atoms with Crippen LogP contribution in [0.15, 0.2) is 4.99 Å². The van der Waals surface area contributed by atoms with Crippen molar-refractivity contribution in [1.82, 2.24) is 5.32 Å². The van der Waals surface area contributed by atoms with Crippen molar-refractivity contribution in [2.45, 2.75) is 64.3 Å². The Morgan fingerprint density at radius 1 is 1.13 bits per heavy atom. The van der Waals surface area contributed by atoms with Crippen molar-refractivity contribution in [3.63, 3.8) is 0 Å². The van der Waals surface area contributed by atoms with Crippen molar-refractivity contribution >= 4 is 5.84 Å². The van der Waals surface area contributed by atoms with E-state index < -0.39 is 0 Å². The van der Waals surface area contributed by atoms with Crippen LogP contribution < -0.4 is 5.32 Å². The van der Waals surface area contributed by atoms with E-state index in [1.54, 1.807) is 0 Å². The standard InChI is InChI=1S/C13H24N2/c1-11(12-7-3-2-4-8-12)15-13-9-5-6-10-14-13/h11-12H,2-10H2,1H3,(H,14,15).